The van der Waals surface area contributed by atoms with Crippen LogP contribution in [0.2, 0.25) is 5.02 Å². The SMILES string of the molecule is COc1cccc(Cl)c1C(O)CN(Cc1cc(F)cc(F)c1)C(=O)C(=CN)C(C)=NC1CCC(C(C)=O)CC1. The summed E-state index contributed by atoms with van der Waals surface area (Å²) < 4.78 is 33.2. The number of ether oxygens (including phenoxy) is 1. The van der Waals surface area contributed by atoms with Crippen LogP contribution >= 0.6 is 11.6 Å². The Balaban J connectivity index is 1.90. The molecule has 0 spiro atoms. The molecule has 0 bridgehead atoms. The normalized spacial score (nSPS) is 18.9. The average Bonchev–Trinajstić information content (AvgIpc) is 2.88. The number of hydrogen-bond acceptors (Lipinski definition) is 6. The van der Waals surface area contributed by atoms with Gasteiger partial charge in [-0.1, -0.05) is 17.7 Å². The molecule has 2 aromatic rings. The summed E-state index contributed by atoms with van der Waals surface area (Å²) in [6.07, 6.45) is 2.75. The fraction of sp³-hybridized carbons (Fsp3) is 0.414. The predicted molar refractivity (Wildman–Crippen MR) is 147 cm³/mol. The second-order valence-electron chi connectivity index (χ2n) is 9.75. The van der Waals surface area contributed by atoms with E-state index in [2.05, 4.69) is 0 Å². The molecule has 1 saturated carbocycles. The topological polar surface area (TPSA) is 105 Å². The Morgan fingerprint density at radius 2 is 1.82 bits per heavy atom. The standard InChI is InChI=1S/C29H34ClF2N3O4/c1-17(34-23-9-7-20(8-10-23)18(2)36)24(14-33)29(38)35(15-19-11-21(31)13-22(32)12-19)16-26(37)28-25(30)5-4-6-27(28)39-3/h4-6,11-14,20,23,26,37H,7-10,15-16,33H2,1-3H3. The first-order valence-corrected chi connectivity index (χ1v) is 13.1. The van der Waals surface area contributed by atoms with E-state index in [0.717, 1.165) is 37.2 Å². The van der Waals surface area contributed by atoms with Crippen LogP contribution < -0.4 is 10.5 Å². The van der Waals surface area contributed by atoms with Crippen LogP contribution in [0.5, 0.6) is 5.75 Å². The summed E-state index contributed by atoms with van der Waals surface area (Å²) in [4.78, 5) is 31.4. The number of nitrogens with two attached hydrogens (primary N) is 1. The fourth-order valence-electron chi connectivity index (χ4n) is 4.93. The van der Waals surface area contributed by atoms with E-state index < -0.39 is 23.6 Å². The van der Waals surface area contributed by atoms with E-state index in [4.69, 9.17) is 27.1 Å². The molecule has 1 fully saturated rings. The summed E-state index contributed by atoms with van der Waals surface area (Å²) in [7, 11) is 1.43. The number of methoxy groups -OCH3 is 1. The van der Waals surface area contributed by atoms with Crippen LogP contribution in [0.15, 0.2) is 53.2 Å². The van der Waals surface area contributed by atoms with Gasteiger partial charge in [0, 0.05) is 36.0 Å². The monoisotopic (exact) mass is 561 g/mol. The lowest BCUT2D eigenvalue weighted by atomic mass is 9.84. The molecule has 1 aliphatic rings. The second-order valence-corrected chi connectivity index (χ2v) is 10.2. The average molecular weight is 562 g/mol. The van der Waals surface area contributed by atoms with Gasteiger partial charge in [0.05, 0.1) is 30.3 Å². The molecule has 3 rings (SSSR count). The summed E-state index contributed by atoms with van der Waals surface area (Å²) >= 11 is 6.33. The van der Waals surface area contributed by atoms with Crippen molar-refractivity contribution in [2.24, 2.45) is 16.6 Å². The van der Waals surface area contributed by atoms with E-state index in [1.165, 1.54) is 12.0 Å². The van der Waals surface area contributed by atoms with Crippen molar-refractivity contribution >= 4 is 29.0 Å². The molecule has 39 heavy (non-hydrogen) atoms. The molecule has 2 aromatic carbocycles. The van der Waals surface area contributed by atoms with Crippen LogP contribution in [0.4, 0.5) is 8.78 Å². The zero-order valence-electron chi connectivity index (χ0n) is 22.3. The summed E-state index contributed by atoms with van der Waals surface area (Å²) in [6.45, 7) is 2.78. The molecule has 210 valence electrons. The van der Waals surface area contributed by atoms with Crippen molar-refractivity contribution in [1.29, 1.82) is 0 Å². The highest BCUT2D eigenvalue weighted by molar-refractivity contribution is 6.31. The van der Waals surface area contributed by atoms with Crippen molar-refractivity contribution in [3.8, 4) is 5.75 Å². The van der Waals surface area contributed by atoms with Gasteiger partial charge in [-0.05, 0) is 69.4 Å². The van der Waals surface area contributed by atoms with Gasteiger partial charge in [0.1, 0.15) is 29.3 Å². The number of benzene rings is 2. The van der Waals surface area contributed by atoms with Gasteiger partial charge in [0.2, 0.25) is 0 Å². The van der Waals surface area contributed by atoms with Crippen LogP contribution in [-0.2, 0) is 16.1 Å². The van der Waals surface area contributed by atoms with Crippen molar-refractivity contribution in [2.45, 2.75) is 58.2 Å². The Hall–Kier alpha value is -3.30. The van der Waals surface area contributed by atoms with Crippen molar-refractivity contribution < 1.29 is 28.2 Å². The van der Waals surface area contributed by atoms with Crippen LogP contribution in [0.25, 0.3) is 0 Å². The molecule has 7 nitrogen and oxygen atoms in total. The highest BCUT2D eigenvalue weighted by Crippen LogP contribution is 2.33. The molecule has 0 heterocycles. The van der Waals surface area contributed by atoms with E-state index in [1.54, 1.807) is 32.0 Å². The number of aliphatic hydroxyl groups is 1. The first kappa shape index (κ1) is 30.2. The molecule has 1 unspecified atom stereocenters. The van der Waals surface area contributed by atoms with Crippen LogP contribution in [-0.4, -0.2) is 47.1 Å². The third-order valence-electron chi connectivity index (χ3n) is 6.98. The third kappa shape index (κ3) is 7.86. The molecule has 0 aliphatic heterocycles. The molecule has 1 atom stereocenters. The first-order chi connectivity index (χ1) is 18.5. The van der Waals surface area contributed by atoms with E-state index in [1.807, 2.05) is 0 Å². The number of rotatable bonds is 10. The van der Waals surface area contributed by atoms with Gasteiger partial charge in [0.15, 0.2) is 0 Å². The number of Topliss-reactive ketones (excluding diaryl/α,β-unsaturated/α-hetero) is 1. The van der Waals surface area contributed by atoms with Crippen LogP contribution in [0, 0.1) is 17.6 Å². The van der Waals surface area contributed by atoms with Gasteiger partial charge < -0.3 is 20.5 Å². The van der Waals surface area contributed by atoms with Gasteiger partial charge in [-0.2, -0.15) is 0 Å². The number of carbonyl (C=O) groups excluding carboxylic acids is 2. The zero-order valence-corrected chi connectivity index (χ0v) is 23.0. The van der Waals surface area contributed by atoms with Gasteiger partial charge in [-0.3, -0.25) is 14.6 Å². The number of amides is 1. The maximum Gasteiger partial charge on any atom is 0.257 e. The van der Waals surface area contributed by atoms with Crippen LogP contribution in [0.3, 0.4) is 0 Å². The number of halogens is 3. The van der Waals surface area contributed by atoms with E-state index in [-0.39, 0.29) is 52.6 Å². The molecule has 1 aliphatic carbocycles. The summed E-state index contributed by atoms with van der Waals surface area (Å²) in [5.41, 5.74) is 6.83. The van der Waals surface area contributed by atoms with E-state index in [9.17, 15) is 23.5 Å². The lowest BCUT2D eigenvalue weighted by Crippen LogP contribution is -2.37. The van der Waals surface area contributed by atoms with Crippen molar-refractivity contribution in [2.75, 3.05) is 13.7 Å². The first-order valence-electron chi connectivity index (χ1n) is 12.8. The molecule has 0 radical (unpaired) electrons. The molecule has 0 aromatic heterocycles. The Morgan fingerprint density at radius 3 is 2.38 bits per heavy atom. The maximum atomic E-state index is 14.0. The van der Waals surface area contributed by atoms with Crippen molar-refractivity contribution in [3.63, 3.8) is 0 Å². The quantitative estimate of drug-likeness (QED) is 0.309. The Morgan fingerprint density at radius 1 is 1.18 bits per heavy atom. The minimum Gasteiger partial charge on any atom is -0.496 e. The predicted octanol–water partition coefficient (Wildman–Crippen LogP) is 5.14. The molecular formula is C29H34ClF2N3O4. The molecule has 3 N–H and O–H groups in total. The molecular weight excluding hydrogens is 528 g/mol. The van der Waals surface area contributed by atoms with Gasteiger partial charge in [-0.25, -0.2) is 8.78 Å². The minimum atomic E-state index is -1.28. The number of aliphatic imine (C=N–C) groups is 1. The van der Waals surface area contributed by atoms with Crippen LogP contribution in [0.1, 0.15) is 56.8 Å². The lowest BCUT2D eigenvalue weighted by molar-refractivity contribution is -0.128. The zero-order chi connectivity index (χ0) is 28.7. The second kappa shape index (κ2) is 13.7. The maximum absolute atomic E-state index is 14.0. The fourth-order valence-corrected chi connectivity index (χ4v) is 5.22. The molecule has 1 amide bonds. The van der Waals surface area contributed by atoms with Crippen molar-refractivity contribution in [1.82, 2.24) is 4.90 Å². The Labute approximate surface area is 232 Å². The number of nitrogens with zero attached hydrogens (tertiary/aromatic N) is 2. The Kier molecular flexibility index (Phi) is 10.6. The highest BCUT2D eigenvalue weighted by Gasteiger charge is 2.28. The summed E-state index contributed by atoms with van der Waals surface area (Å²) in [6, 6.07) is 7.78. The number of aliphatic hydroxyl groups excluding tert-OH is 1. The van der Waals surface area contributed by atoms with Gasteiger partial charge >= 0.3 is 0 Å². The van der Waals surface area contributed by atoms with Gasteiger partial charge in [-0.15, -0.1) is 0 Å². The molecule has 0 saturated heterocycles. The van der Waals surface area contributed by atoms with Gasteiger partial charge in [0.25, 0.3) is 5.91 Å². The summed E-state index contributed by atoms with van der Waals surface area (Å²) in [5, 5.41) is 11.4. The lowest BCUT2D eigenvalue weighted by Gasteiger charge is -2.28. The highest BCUT2D eigenvalue weighted by atomic mass is 35.5. The number of hydrogen-bond donors (Lipinski definition) is 2. The largest absolute Gasteiger partial charge is 0.496 e. The Bertz CT molecular complexity index is 1240. The third-order valence-corrected chi connectivity index (χ3v) is 7.31. The van der Waals surface area contributed by atoms with E-state index in [0.29, 0.717) is 24.3 Å². The smallest absolute Gasteiger partial charge is 0.257 e. The number of carbonyl (C=O) groups is 2. The van der Waals surface area contributed by atoms with E-state index >= 15 is 0 Å². The summed E-state index contributed by atoms with van der Waals surface area (Å²) in [5.74, 6) is -1.63. The van der Waals surface area contributed by atoms with Crippen molar-refractivity contribution in [3.05, 3.63) is 76.0 Å². The number of ketones is 1. The molecule has 10 heteroatoms. The minimum absolute atomic E-state index is 0.0355.